The number of benzene rings is 1. The van der Waals surface area contributed by atoms with E-state index in [1.807, 2.05) is 0 Å². The maximum atomic E-state index is 11.7. The molecule has 0 unspecified atom stereocenters. The highest BCUT2D eigenvalue weighted by Gasteiger charge is 2.12. The molecule has 118 valence electrons. The summed E-state index contributed by atoms with van der Waals surface area (Å²) in [6.07, 6.45) is 0. The van der Waals surface area contributed by atoms with Crippen LogP contribution < -0.4 is 9.47 Å². The number of ether oxygens (including phenoxy) is 5. The van der Waals surface area contributed by atoms with E-state index in [1.54, 1.807) is 39.3 Å². The number of methoxy groups -OCH3 is 2. The largest absolute Gasteiger partial charge is 0.487 e. The summed E-state index contributed by atoms with van der Waals surface area (Å²) in [5, 5.41) is 0. The van der Waals surface area contributed by atoms with Gasteiger partial charge in [0.1, 0.15) is 13.2 Å². The second-order valence-electron chi connectivity index (χ2n) is 4.06. The Balaban J connectivity index is 2.82. The van der Waals surface area contributed by atoms with Gasteiger partial charge < -0.3 is 23.7 Å². The minimum absolute atomic E-state index is 0.324. The normalized spacial score (nSPS) is 10.2. The molecule has 0 amide bonds. The third-order valence-corrected chi connectivity index (χ3v) is 2.54. The predicted octanol–water partition coefficient (Wildman–Crippen LogP) is 1.91. The van der Waals surface area contributed by atoms with E-state index < -0.39 is 5.97 Å². The molecule has 0 bridgehead atoms. The van der Waals surface area contributed by atoms with E-state index >= 15 is 0 Å². The van der Waals surface area contributed by atoms with Gasteiger partial charge in [-0.1, -0.05) is 0 Å². The summed E-state index contributed by atoms with van der Waals surface area (Å²) in [4.78, 5) is 11.7. The minimum atomic E-state index is -0.391. The Hall–Kier alpha value is -1.79. The zero-order valence-electron chi connectivity index (χ0n) is 12.7. The second kappa shape index (κ2) is 10.0. The molecule has 0 atom stereocenters. The van der Waals surface area contributed by atoms with E-state index in [1.165, 1.54) is 0 Å². The van der Waals surface area contributed by atoms with Gasteiger partial charge in [-0.25, -0.2) is 4.79 Å². The smallest absolute Gasteiger partial charge is 0.338 e. The first-order valence-electron chi connectivity index (χ1n) is 6.77. The van der Waals surface area contributed by atoms with Gasteiger partial charge in [-0.05, 0) is 25.1 Å². The molecule has 0 radical (unpaired) electrons. The number of esters is 1. The van der Waals surface area contributed by atoms with Crippen molar-refractivity contribution in [1.29, 1.82) is 0 Å². The van der Waals surface area contributed by atoms with Crippen LogP contribution in [-0.4, -0.2) is 53.2 Å². The van der Waals surface area contributed by atoms with Crippen molar-refractivity contribution < 1.29 is 28.5 Å². The molecular formula is C15H22O6. The summed E-state index contributed by atoms with van der Waals surface area (Å²) in [7, 11) is 3.19. The van der Waals surface area contributed by atoms with Crippen LogP contribution >= 0.6 is 0 Å². The van der Waals surface area contributed by atoms with Crippen molar-refractivity contribution in [2.24, 2.45) is 0 Å². The average Bonchev–Trinajstić information content (AvgIpc) is 2.49. The van der Waals surface area contributed by atoms with Gasteiger partial charge in [0.05, 0.1) is 25.4 Å². The lowest BCUT2D eigenvalue weighted by atomic mass is 10.2. The fourth-order valence-corrected chi connectivity index (χ4v) is 1.55. The maximum absolute atomic E-state index is 11.7. The van der Waals surface area contributed by atoms with Crippen LogP contribution in [0.25, 0.3) is 0 Å². The van der Waals surface area contributed by atoms with E-state index in [4.69, 9.17) is 23.7 Å². The predicted molar refractivity (Wildman–Crippen MR) is 77.1 cm³/mol. The first-order chi connectivity index (χ1) is 10.2. The van der Waals surface area contributed by atoms with Gasteiger partial charge in [0.15, 0.2) is 11.5 Å². The zero-order chi connectivity index (χ0) is 15.5. The second-order valence-corrected chi connectivity index (χ2v) is 4.06. The Kier molecular flexibility index (Phi) is 8.23. The SMILES string of the molecule is CCOC(=O)c1ccc(OCCOC)c(OCCOC)c1. The van der Waals surface area contributed by atoms with E-state index in [-0.39, 0.29) is 0 Å². The minimum Gasteiger partial charge on any atom is -0.487 e. The van der Waals surface area contributed by atoms with Gasteiger partial charge in [0.25, 0.3) is 0 Å². The first-order valence-corrected chi connectivity index (χ1v) is 6.77. The van der Waals surface area contributed by atoms with Gasteiger partial charge in [0, 0.05) is 14.2 Å². The van der Waals surface area contributed by atoms with Crippen LogP contribution in [0.2, 0.25) is 0 Å². The number of carbonyl (C=O) groups is 1. The lowest BCUT2D eigenvalue weighted by molar-refractivity contribution is 0.0525. The van der Waals surface area contributed by atoms with Crippen molar-refractivity contribution in [2.45, 2.75) is 6.92 Å². The Morgan fingerprint density at radius 1 is 0.952 bits per heavy atom. The fraction of sp³-hybridized carbons (Fsp3) is 0.533. The average molecular weight is 298 g/mol. The number of carbonyl (C=O) groups excluding carboxylic acids is 1. The molecule has 0 N–H and O–H groups in total. The van der Waals surface area contributed by atoms with Crippen LogP contribution in [-0.2, 0) is 14.2 Å². The molecule has 0 aromatic heterocycles. The Morgan fingerprint density at radius 3 is 2.14 bits per heavy atom. The highest BCUT2D eigenvalue weighted by atomic mass is 16.6. The van der Waals surface area contributed by atoms with Crippen LogP contribution in [0, 0.1) is 0 Å². The molecule has 0 aliphatic heterocycles. The van der Waals surface area contributed by atoms with Gasteiger partial charge in [-0.15, -0.1) is 0 Å². The highest BCUT2D eigenvalue weighted by molar-refractivity contribution is 5.90. The molecule has 21 heavy (non-hydrogen) atoms. The molecule has 0 heterocycles. The van der Waals surface area contributed by atoms with Crippen LogP contribution in [0.15, 0.2) is 18.2 Å². The number of rotatable bonds is 10. The highest BCUT2D eigenvalue weighted by Crippen LogP contribution is 2.28. The Labute approximate surface area is 124 Å². The summed E-state index contributed by atoms with van der Waals surface area (Å²) in [5.41, 5.74) is 0.420. The molecule has 0 saturated carbocycles. The van der Waals surface area contributed by atoms with Crippen molar-refractivity contribution in [3.8, 4) is 11.5 Å². The maximum Gasteiger partial charge on any atom is 0.338 e. The van der Waals surface area contributed by atoms with Crippen LogP contribution in [0.1, 0.15) is 17.3 Å². The van der Waals surface area contributed by atoms with Crippen LogP contribution in [0.3, 0.4) is 0 Å². The molecule has 1 aromatic carbocycles. The molecule has 0 aliphatic rings. The lowest BCUT2D eigenvalue weighted by Gasteiger charge is -2.13. The molecule has 6 nitrogen and oxygen atoms in total. The van der Waals surface area contributed by atoms with E-state index in [9.17, 15) is 4.79 Å². The zero-order valence-corrected chi connectivity index (χ0v) is 12.7. The number of hydrogen-bond acceptors (Lipinski definition) is 6. The summed E-state index contributed by atoms with van der Waals surface area (Å²) < 4.78 is 26.0. The summed E-state index contributed by atoms with van der Waals surface area (Å²) >= 11 is 0. The Bertz CT molecular complexity index is 432. The lowest BCUT2D eigenvalue weighted by Crippen LogP contribution is -2.10. The third kappa shape index (κ3) is 6.01. The van der Waals surface area contributed by atoms with Crippen molar-refractivity contribution in [3.05, 3.63) is 23.8 Å². The standard InChI is InChI=1S/C15H22O6/c1-4-19-15(16)12-5-6-13(20-9-7-17-2)14(11-12)21-10-8-18-3/h5-6,11H,4,7-10H2,1-3H3. The quantitative estimate of drug-likeness (QED) is 0.486. The van der Waals surface area contributed by atoms with Crippen molar-refractivity contribution in [1.82, 2.24) is 0 Å². The van der Waals surface area contributed by atoms with E-state index in [0.29, 0.717) is 50.1 Å². The van der Waals surface area contributed by atoms with Crippen molar-refractivity contribution in [2.75, 3.05) is 47.3 Å². The molecule has 0 saturated heterocycles. The van der Waals surface area contributed by atoms with Gasteiger partial charge in [0.2, 0.25) is 0 Å². The topological polar surface area (TPSA) is 63.2 Å². The molecular weight excluding hydrogens is 276 g/mol. The number of hydrogen-bond donors (Lipinski definition) is 0. The molecule has 0 fully saturated rings. The van der Waals surface area contributed by atoms with Gasteiger partial charge in [-0.2, -0.15) is 0 Å². The summed E-state index contributed by atoms with van der Waals surface area (Å²) in [5.74, 6) is 0.641. The van der Waals surface area contributed by atoms with Crippen molar-refractivity contribution >= 4 is 5.97 Å². The molecule has 1 aromatic rings. The monoisotopic (exact) mass is 298 g/mol. The molecule has 1 rings (SSSR count). The molecule has 6 heteroatoms. The summed E-state index contributed by atoms with van der Waals surface area (Å²) in [6.45, 7) is 3.76. The van der Waals surface area contributed by atoms with Crippen LogP contribution in [0.5, 0.6) is 11.5 Å². The van der Waals surface area contributed by atoms with Crippen LogP contribution in [0.4, 0.5) is 0 Å². The molecule has 0 spiro atoms. The third-order valence-electron chi connectivity index (χ3n) is 2.54. The van der Waals surface area contributed by atoms with Gasteiger partial charge in [-0.3, -0.25) is 0 Å². The Morgan fingerprint density at radius 2 is 1.57 bits per heavy atom. The van der Waals surface area contributed by atoms with Gasteiger partial charge >= 0.3 is 5.97 Å². The summed E-state index contributed by atoms with van der Waals surface area (Å²) in [6, 6.07) is 4.93. The fourth-order valence-electron chi connectivity index (χ4n) is 1.55. The molecule has 0 aliphatic carbocycles. The first kappa shape index (κ1) is 17.3. The van der Waals surface area contributed by atoms with E-state index in [2.05, 4.69) is 0 Å². The van der Waals surface area contributed by atoms with E-state index in [0.717, 1.165) is 0 Å². The van der Waals surface area contributed by atoms with Crippen molar-refractivity contribution in [3.63, 3.8) is 0 Å².